The number of anilines is 1. The molecule has 20 heavy (non-hydrogen) atoms. The smallest absolute Gasteiger partial charge is 0.258 e. The Morgan fingerprint density at radius 3 is 2.60 bits per heavy atom. The molecule has 0 radical (unpaired) electrons. The van der Waals surface area contributed by atoms with E-state index in [0.29, 0.717) is 0 Å². The Hall–Kier alpha value is -2.94. The number of nitriles is 1. The van der Waals surface area contributed by atoms with Gasteiger partial charge in [0, 0.05) is 6.07 Å². The molecule has 1 amide bonds. The molecule has 0 atom stereocenters. The van der Waals surface area contributed by atoms with Crippen molar-refractivity contribution in [2.45, 2.75) is 0 Å². The van der Waals surface area contributed by atoms with Gasteiger partial charge in [0.1, 0.15) is 29.0 Å². The Bertz CT molecular complexity index is 724. The summed E-state index contributed by atoms with van der Waals surface area (Å²) in [5.41, 5.74) is -0.707. The summed E-state index contributed by atoms with van der Waals surface area (Å²) < 4.78 is 26.9. The molecule has 2 N–H and O–H groups in total. The van der Waals surface area contributed by atoms with Crippen molar-refractivity contribution >= 4 is 11.6 Å². The van der Waals surface area contributed by atoms with Gasteiger partial charge in [0.15, 0.2) is 0 Å². The third-order valence-corrected chi connectivity index (χ3v) is 2.57. The van der Waals surface area contributed by atoms with Gasteiger partial charge in [0.05, 0.1) is 11.3 Å². The van der Waals surface area contributed by atoms with E-state index in [4.69, 9.17) is 10.4 Å². The molecule has 0 aliphatic heterocycles. The number of hydrogen-bond acceptors (Lipinski definition) is 3. The van der Waals surface area contributed by atoms with Crippen molar-refractivity contribution in [1.82, 2.24) is 0 Å². The summed E-state index contributed by atoms with van der Waals surface area (Å²) in [6.07, 6.45) is 0. The Balaban J connectivity index is 2.33. The Labute approximate surface area is 112 Å². The number of nitrogens with zero attached hydrogens (tertiary/aromatic N) is 1. The molecule has 0 heterocycles. The molecule has 0 saturated carbocycles. The predicted molar refractivity (Wildman–Crippen MR) is 67.1 cm³/mol. The summed E-state index contributed by atoms with van der Waals surface area (Å²) in [6, 6.07) is 8.37. The second-order valence-corrected chi connectivity index (χ2v) is 3.89. The van der Waals surface area contributed by atoms with E-state index in [0.717, 1.165) is 24.3 Å². The average molecular weight is 274 g/mol. The molecule has 0 spiro atoms. The lowest BCUT2D eigenvalue weighted by molar-refractivity contribution is 0.102. The van der Waals surface area contributed by atoms with Gasteiger partial charge in [-0.2, -0.15) is 5.26 Å². The molecule has 0 saturated heterocycles. The topological polar surface area (TPSA) is 73.1 Å². The molecule has 4 nitrogen and oxygen atoms in total. The maximum atomic E-state index is 13.5. The minimum atomic E-state index is -0.919. The van der Waals surface area contributed by atoms with Crippen molar-refractivity contribution < 1.29 is 18.7 Å². The van der Waals surface area contributed by atoms with E-state index in [-0.39, 0.29) is 22.6 Å². The van der Waals surface area contributed by atoms with Gasteiger partial charge in [-0.1, -0.05) is 6.07 Å². The molecular formula is C14H8F2N2O2. The average Bonchev–Trinajstić information content (AvgIpc) is 2.38. The van der Waals surface area contributed by atoms with Crippen LogP contribution >= 0.6 is 0 Å². The Kier molecular flexibility index (Phi) is 3.62. The van der Waals surface area contributed by atoms with Crippen molar-refractivity contribution in [1.29, 1.82) is 5.26 Å². The van der Waals surface area contributed by atoms with Crippen LogP contribution in [0.4, 0.5) is 14.5 Å². The number of phenolic OH excluding ortho intramolecular Hbond substituents is 1. The van der Waals surface area contributed by atoms with E-state index in [9.17, 15) is 13.6 Å². The van der Waals surface area contributed by atoms with Crippen LogP contribution in [0.15, 0.2) is 36.4 Å². The number of hydrogen-bond donors (Lipinski definition) is 2. The van der Waals surface area contributed by atoms with E-state index in [1.807, 2.05) is 0 Å². The van der Waals surface area contributed by atoms with Crippen LogP contribution in [0.2, 0.25) is 0 Å². The van der Waals surface area contributed by atoms with Crippen molar-refractivity contribution in [3.05, 3.63) is 59.2 Å². The number of phenols is 1. The SMILES string of the molecule is N#Cc1c(F)cccc1NC(=O)c1ccc(O)cc1F. The first kappa shape index (κ1) is 13.5. The van der Waals surface area contributed by atoms with Gasteiger partial charge in [-0.3, -0.25) is 4.79 Å². The summed E-state index contributed by atoms with van der Waals surface area (Å²) in [6.45, 7) is 0. The third-order valence-electron chi connectivity index (χ3n) is 2.57. The number of carbonyl (C=O) groups is 1. The highest BCUT2D eigenvalue weighted by molar-refractivity contribution is 6.05. The molecule has 0 fully saturated rings. The first-order valence-electron chi connectivity index (χ1n) is 5.51. The first-order valence-corrected chi connectivity index (χ1v) is 5.51. The van der Waals surface area contributed by atoms with E-state index in [1.165, 1.54) is 12.1 Å². The predicted octanol–water partition coefficient (Wildman–Crippen LogP) is 2.79. The summed E-state index contributed by atoms with van der Waals surface area (Å²) in [4.78, 5) is 11.9. The zero-order chi connectivity index (χ0) is 14.7. The molecule has 0 aliphatic rings. The molecule has 0 aromatic heterocycles. The van der Waals surface area contributed by atoms with Gasteiger partial charge < -0.3 is 10.4 Å². The van der Waals surface area contributed by atoms with Gasteiger partial charge in [-0.15, -0.1) is 0 Å². The lowest BCUT2D eigenvalue weighted by Gasteiger charge is -2.08. The van der Waals surface area contributed by atoms with Crippen molar-refractivity contribution in [3.63, 3.8) is 0 Å². The Morgan fingerprint density at radius 2 is 1.95 bits per heavy atom. The number of amides is 1. The van der Waals surface area contributed by atoms with Gasteiger partial charge in [0.2, 0.25) is 0 Å². The molecule has 0 aliphatic carbocycles. The third kappa shape index (κ3) is 2.57. The summed E-state index contributed by atoms with van der Waals surface area (Å²) in [7, 11) is 0. The minimum absolute atomic E-state index is 0.0509. The summed E-state index contributed by atoms with van der Waals surface area (Å²) in [5.74, 6) is -2.86. The van der Waals surface area contributed by atoms with Crippen LogP contribution in [0.3, 0.4) is 0 Å². The highest BCUT2D eigenvalue weighted by Crippen LogP contribution is 2.20. The fourth-order valence-electron chi connectivity index (χ4n) is 1.62. The fraction of sp³-hybridized carbons (Fsp3) is 0. The monoisotopic (exact) mass is 274 g/mol. The number of benzene rings is 2. The standard InChI is InChI=1S/C14H8F2N2O2/c15-11-2-1-3-13(10(11)7-17)18-14(20)9-5-4-8(19)6-12(9)16/h1-6,19H,(H,18,20). The van der Waals surface area contributed by atoms with Crippen molar-refractivity contribution in [3.8, 4) is 11.8 Å². The first-order chi connectivity index (χ1) is 9.52. The molecule has 2 aromatic rings. The van der Waals surface area contributed by atoms with Crippen molar-refractivity contribution in [2.75, 3.05) is 5.32 Å². The lowest BCUT2D eigenvalue weighted by atomic mass is 10.1. The van der Waals surface area contributed by atoms with Crippen LogP contribution < -0.4 is 5.32 Å². The molecule has 0 unspecified atom stereocenters. The quantitative estimate of drug-likeness (QED) is 0.884. The number of aromatic hydroxyl groups is 1. The molecular weight excluding hydrogens is 266 g/mol. The summed E-state index contributed by atoms with van der Waals surface area (Å²) >= 11 is 0. The fourth-order valence-corrected chi connectivity index (χ4v) is 1.62. The largest absolute Gasteiger partial charge is 0.508 e. The van der Waals surface area contributed by atoms with Gasteiger partial charge in [-0.05, 0) is 24.3 Å². The molecule has 2 aromatic carbocycles. The van der Waals surface area contributed by atoms with E-state index in [2.05, 4.69) is 5.32 Å². The molecule has 2 rings (SSSR count). The van der Waals surface area contributed by atoms with E-state index in [1.54, 1.807) is 6.07 Å². The second-order valence-electron chi connectivity index (χ2n) is 3.89. The Morgan fingerprint density at radius 1 is 1.20 bits per heavy atom. The highest BCUT2D eigenvalue weighted by atomic mass is 19.1. The maximum Gasteiger partial charge on any atom is 0.258 e. The van der Waals surface area contributed by atoms with Crippen LogP contribution in [-0.4, -0.2) is 11.0 Å². The zero-order valence-electron chi connectivity index (χ0n) is 10.0. The number of halogens is 2. The highest BCUT2D eigenvalue weighted by Gasteiger charge is 2.15. The van der Waals surface area contributed by atoms with Crippen LogP contribution in [0.1, 0.15) is 15.9 Å². The van der Waals surface area contributed by atoms with Crippen LogP contribution in [0.5, 0.6) is 5.75 Å². The maximum absolute atomic E-state index is 13.5. The van der Waals surface area contributed by atoms with Crippen molar-refractivity contribution in [2.24, 2.45) is 0 Å². The van der Waals surface area contributed by atoms with Gasteiger partial charge >= 0.3 is 0 Å². The summed E-state index contributed by atoms with van der Waals surface area (Å²) in [5, 5.41) is 20.1. The molecule has 6 heteroatoms. The number of nitrogens with one attached hydrogen (secondary N) is 1. The lowest BCUT2D eigenvalue weighted by Crippen LogP contribution is -2.15. The molecule has 100 valence electrons. The zero-order valence-corrected chi connectivity index (χ0v) is 10.0. The van der Waals surface area contributed by atoms with Gasteiger partial charge in [0.25, 0.3) is 5.91 Å². The van der Waals surface area contributed by atoms with Gasteiger partial charge in [-0.25, -0.2) is 8.78 Å². The minimum Gasteiger partial charge on any atom is -0.508 e. The van der Waals surface area contributed by atoms with E-state index >= 15 is 0 Å². The number of carbonyl (C=O) groups excluding carboxylic acids is 1. The van der Waals surface area contributed by atoms with Crippen LogP contribution in [-0.2, 0) is 0 Å². The van der Waals surface area contributed by atoms with Crippen LogP contribution in [0.25, 0.3) is 0 Å². The second kappa shape index (κ2) is 5.36. The van der Waals surface area contributed by atoms with E-state index < -0.39 is 17.5 Å². The molecule has 0 bridgehead atoms. The normalized spacial score (nSPS) is 9.85. The number of rotatable bonds is 2. The van der Waals surface area contributed by atoms with Crippen LogP contribution in [0, 0.1) is 23.0 Å².